The van der Waals surface area contributed by atoms with Gasteiger partial charge in [-0.1, -0.05) is 13.3 Å². The van der Waals surface area contributed by atoms with Crippen LogP contribution in [0.2, 0.25) is 0 Å². The molecule has 18 heavy (non-hydrogen) atoms. The molecule has 0 N–H and O–H groups in total. The Morgan fingerprint density at radius 2 is 1.94 bits per heavy atom. The first-order chi connectivity index (χ1) is 8.52. The van der Waals surface area contributed by atoms with Crippen LogP contribution in [0.25, 0.3) is 0 Å². The van der Waals surface area contributed by atoms with E-state index in [0.717, 1.165) is 44.8 Å². The Morgan fingerprint density at radius 3 is 2.56 bits per heavy atom. The van der Waals surface area contributed by atoms with E-state index in [1.807, 2.05) is 0 Å². The second-order valence-electron chi connectivity index (χ2n) is 6.13. The standard InChI is InChI=1S/C15H30N2O/c1-5-13-7-8-15(18)14(11-13)12-17(4)10-6-9-16(2)3/h13-14H,5-12H2,1-4H3. The van der Waals surface area contributed by atoms with Crippen molar-refractivity contribution < 1.29 is 4.79 Å². The lowest BCUT2D eigenvalue weighted by molar-refractivity contribution is -0.126. The molecule has 0 saturated heterocycles. The van der Waals surface area contributed by atoms with E-state index in [4.69, 9.17) is 0 Å². The van der Waals surface area contributed by atoms with Crippen molar-refractivity contribution in [3.63, 3.8) is 0 Å². The second-order valence-corrected chi connectivity index (χ2v) is 6.13. The Kier molecular flexibility index (Phi) is 6.87. The number of hydrogen-bond donors (Lipinski definition) is 0. The quantitative estimate of drug-likeness (QED) is 0.696. The second kappa shape index (κ2) is 7.90. The summed E-state index contributed by atoms with van der Waals surface area (Å²) in [6.45, 7) is 5.43. The molecule has 1 saturated carbocycles. The molecule has 1 rings (SSSR count). The highest BCUT2D eigenvalue weighted by molar-refractivity contribution is 5.81. The van der Waals surface area contributed by atoms with Gasteiger partial charge in [-0.2, -0.15) is 0 Å². The minimum absolute atomic E-state index is 0.299. The highest BCUT2D eigenvalue weighted by Gasteiger charge is 2.28. The number of rotatable bonds is 7. The van der Waals surface area contributed by atoms with Crippen molar-refractivity contribution in [3.05, 3.63) is 0 Å². The summed E-state index contributed by atoms with van der Waals surface area (Å²) in [6, 6.07) is 0. The van der Waals surface area contributed by atoms with Gasteiger partial charge in [0.2, 0.25) is 0 Å². The van der Waals surface area contributed by atoms with Crippen molar-refractivity contribution in [1.82, 2.24) is 9.80 Å². The lowest BCUT2D eigenvalue weighted by Gasteiger charge is -2.30. The van der Waals surface area contributed by atoms with Gasteiger partial charge in [0.1, 0.15) is 5.78 Å². The zero-order valence-corrected chi connectivity index (χ0v) is 12.6. The van der Waals surface area contributed by atoms with E-state index in [1.54, 1.807) is 0 Å². The van der Waals surface area contributed by atoms with Crippen molar-refractivity contribution in [1.29, 1.82) is 0 Å². The molecule has 0 spiro atoms. The molecule has 0 radical (unpaired) electrons. The van der Waals surface area contributed by atoms with Crippen LogP contribution in [0, 0.1) is 11.8 Å². The van der Waals surface area contributed by atoms with Crippen LogP contribution in [0.4, 0.5) is 0 Å². The predicted molar refractivity (Wildman–Crippen MR) is 76.8 cm³/mol. The smallest absolute Gasteiger partial charge is 0.137 e. The van der Waals surface area contributed by atoms with Gasteiger partial charge in [0.05, 0.1) is 0 Å². The molecule has 3 heteroatoms. The summed E-state index contributed by atoms with van der Waals surface area (Å²) in [5, 5.41) is 0. The van der Waals surface area contributed by atoms with Gasteiger partial charge in [0, 0.05) is 18.9 Å². The molecule has 0 aliphatic heterocycles. The first kappa shape index (κ1) is 15.6. The lowest BCUT2D eigenvalue weighted by atomic mass is 9.79. The van der Waals surface area contributed by atoms with Gasteiger partial charge < -0.3 is 9.80 Å². The number of ketones is 1. The SMILES string of the molecule is CCC1CCC(=O)C(CN(C)CCCN(C)C)C1. The highest BCUT2D eigenvalue weighted by Crippen LogP contribution is 2.29. The van der Waals surface area contributed by atoms with Crippen molar-refractivity contribution in [3.8, 4) is 0 Å². The molecule has 0 bridgehead atoms. The van der Waals surface area contributed by atoms with Crippen LogP contribution < -0.4 is 0 Å². The summed E-state index contributed by atoms with van der Waals surface area (Å²) < 4.78 is 0. The fourth-order valence-corrected chi connectivity index (χ4v) is 2.87. The van der Waals surface area contributed by atoms with Gasteiger partial charge in [-0.3, -0.25) is 4.79 Å². The monoisotopic (exact) mass is 254 g/mol. The van der Waals surface area contributed by atoms with Gasteiger partial charge >= 0.3 is 0 Å². The molecule has 0 aromatic rings. The topological polar surface area (TPSA) is 23.6 Å². The summed E-state index contributed by atoms with van der Waals surface area (Å²) in [6.07, 6.45) is 5.47. The molecule has 0 amide bonds. The van der Waals surface area contributed by atoms with E-state index >= 15 is 0 Å². The van der Waals surface area contributed by atoms with Gasteiger partial charge in [-0.15, -0.1) is 0 Å². The fourth-order valence-electron chi connectivity index (χ4n) is 2.87. The molecule has 1 aliphatic carbocycles. The molecule has 3 nitrogen and oxygen atoms in total. The van der Waals surface area contributed by atoms with E-state index < -0.39 is 0 Å². The molecular formula is C15H30N2O. The Hall–Kier alpha value is -0.410. The molecule has 0 aromatic heterocycles. The third-order valence-electron chi connectivity index (χ3n) is 4.13. The zero-order chi connectivity index (χ0) is 13.5. The zero-order valence-electron chi connectivity index (χ0n) is 12.6. The van der Waals surface area contributed by atoms with Gasteiger partial charge in [-0.05, 0) is 59.4 Å². The third kappa shape index (κ3) is 5.49. The molecule has 0 aromatic carbocycles. The minimum Gasteiger partial charge on any atom is -0.309 e. The Morgan fingerprint density at radius 1 is 1.22 bits per heavy atom. The van der Waals surface area contributed by atoms with Gasteiger partial charge in [-0.25, -0.2) is 0 Å². The third-order valence-corrected chi connectivity index (χ3v) is 4.13. The van der Waals surface area contributed by atoms with E-state index in [9.17, 15) is 4.79 Å². The largest absolute Gasteiger partial charge is 0.309 e. The average Bonchev–Trinajstić information content (AvgIpc) is 2.31. The Labute approximate surface area is 113 Å². The van der Waals surface area contributed by atoms with Crippen LogP contribution in [0.15, 0.2) is 0 Å². The molecule has 2 atom stereocenters. The summed E-state index contributed by atoms with van der Waals surface area (Å²) in [5.74, 6) is 1.58. The number of Topliss-reactive ketones (excluding diaryl/α,β-unsaturated/α-hetero) is 1. The molecule has 106 valence electrons. The minimum atomic E-state index is 0.299. The van der Waals surface area contributed by atoms with E-state index in [0.29, 0.717) is 11.7 Å². The maximum Gasteiger partial charge on any atom is 0.137 e. The Bertz CT molecular complexity index is 253. The first-order valence-corrected chi connectivity index (χ1v) is 7.39. The van der Waals surface area contributed by atoms with Crippen LogP contribution in [-0.2, 0) is 4.79 Å². The van der Waals surface area contributed by atoms with Crippen LogP contribution in [0.3, 0.4) is 0 Å². The van der Waals surface area contributed by atoms with Gasteiger partial charge in [0.25, 0.3) is 0 Å². The summed E-state index contributed by atoms with van der Waals surface area (Å²) in [5.41, 5.74) is 0. The first-order valence-electron chi connectivity index (χ1n) is 7.39. The fraction of sp³-hybridized carbons (Fsp3) is 0.933. The van der Waals surface area contributed by atoms with E-state index in [2.05, 4.69) is 37.9 Å². The van der Waals surface area contributed by atoms with Crippen molar-refractivity contribution in [2.45, 2.75) is 39.0 Å². The van der Waals surface area contributed by atoms with Gasteiger partial charge in [0.15, 0.2) is 0 Å². The maximum atomic E-state index is 11.9. The Balaban J connectivity index is 2.28. The van der Waals surface area contributed by atoms with Crippen LogP contribution in [-0.4, -0.2) is 56.4 Å². The van der Waals surface area contributed by atoms with Crippen molar-refractivity contribution >= 4 is 5.78 Å². The summed E-state index contributed by atoms with van der Waals surface area (Å²) in [4.78, 5) is 16.5. The summed E-state index contributed by atoms with van der Waals surface area (Å²) in [7, 11) is 6.37. The van der Waals surface area contributed by atoms with Crippen LogP contribution >= 0.6 is 0 Å². The number of carbonyl (C=O) groups is 1. The molecule has 1 fully saturated rings. The van der Waals surface area contributed by atoms with Crippen LogP contribution in [0.1, 0.15) is 39.0 Å². The average molecular weight is 254 g/mol. The van der Waals surface area contributed by atoms with Crippen molar-refractivity contribution in [2.75, 3.05) is 40.8 Å². The molecular weight excluding hydrogens is 224 g/mol. The molecule has 1 aliphatic rings. The maximum absolute atomic E-state index is 11.9. The number of nitrogens with zero attached hydrogens (tertiary/aromatic N) is 2. The van der Waals surface area contributed by atoms with Crippen LogP contribution in [0.5, 0.6) is 0 Å². The highest BCUT2D eigenvalue weighted by atomic mass is 16.1. The normalized spacial score (nSPS) is 25.1. The van der Waals surface area contributed by atoms with E-state index in [-0.39, 0.29) is 0 Å². The molecule has 2 unspecified atom stereocenters. The molecule has 0 heterocycles. The number of hydrogen-bond acceptors (Lipinski definition) is 3. The summed E-state index contributed by atoms with van der Waals surface area (Å²) >= 11 is 0. The predicted octanol–water partition coefficient (Wildman–Crippen LogP) is 2.27. The number of carbonyl (C=O) groups excluding carboxylic acids is 1. The lowest BCUT2D eigenvalue weighted by Crippen LogP contribution is -2.35. The van der Waals surface area contributed by atoms with Crippen molar-refractivity contribution in [2.24, 2.45) is 11.8 Å². The van der Waals surface area contributed by atoms with E-state index in [1.165, 1.54) is 12.8 Å².